The van der Waals surface area contributed by atoms with Gasteiger partial charge in [-0.1, -0.05) is 31.2 Å². The zero-order valence-corrected chi connectivity index (χ0v) is 16.6. The van der Waals surface area contributed by atoms with Gasteiger partial charge in [0.2, 0.25) is 0 Å². The van der Waals surface area contributed by atoms with Crippen molar-refractivity contribution < 1.29 is 9.53 Å². The van der Waals surface area contributed by atoms with E-state index in [-0.39, 0.29) is 5.97 Å². The average Bonchev–Trinajstić information content (AvgIpc) is 2.79. The molecule has 0 bridgehead atoms. The lowest BCUT2D eigenvalue weighted by Gasteiger charge is -2.21. The summed E-state index contributed by atoms with van der Waals surface area (Å²) >= 11 is 1.95. The van der Waals surface area contributed by atoms with Gasteiger partial charge in [0.1, 0.15) is 0 Å². The minimum atomic E-state index is -0.307. The fourth-order valence-corrected chi connectivity index (χ4v) is 4.36. The van der Waals surface area contributed by atoms with Crippen molar-refractivity contribution in [3.63, 3.8) is 0 Å². The molecule has 1 heterocycles. The molecule has 0 saturated heterocycles. The molecule has 1 unspecified atom stereocenters. The second kappa shape index (κ2) is 8.00. The molecular formula is C22H25NO2S. The van der Waals surface area contributed by atoms with E-state index in [9.17, 15) is 4.79 Å². The highest BCUT2D eigenvalue weighted by atomic mass is 32.2. The van der Waals surface area contributed by atoms with E-state index in [4.69, 9.17) is 4.74 Å². The molecule has 1 aliphatic rings. The minimum absolute atomic E-state index is 0.307. The van der Waals surface area contributed by atoms with Crippen LogP contribution < -0.4 is 4.90 Å². The van der Waals surface area contributed by atoms with Crippen molar-refractivity contribution in [3.8, 4) is 0 Å². The van der Waals surface area contributed by atoms with Gasteiger partial charge in [0.15, 0.2) is 0 Å². The summed E-state index contributed by atoms with van der Waals surface area (Å²) in [6.45, 7) is 5.53. The molecule has 0 N–H and O–H groups in total. The van der Waals surface area contributed by atoms with Gasteiger partial charge in [-0.25, -0.2) is 4.79 Å². The number of benzene rings is 2. The standard InChI is InChI=1S/C22H25NO2S/c1-15-13-23(3)20-10-9-19(12-21(20)26-14-15)16(2)11-17-5-7-18(8-6-17)22(24)25-4/h5-12,15H,13-14H2,1-4H3. The topological polar surface area (TPSA) is 29.5 Å². The maximum absolute atomic E-state index is 11.5. The SMILES string of the molecule is COC(=O)c1ccc(C=C(C)c2ccc3c(c2)SCC(C)CN3C)cc1. The highest BCUT2D eigenvalue weighted by Crippen LogP contribution is 2.36. The van der Waals surface area contributed by atoms with Crippen LogP contribution >= 0.6 is 11.8 Å². The molecule has 0 radical (unpaired) electrons. The summed E-state index contributed by atoms with van der Waals surface area (Å²) in [6.07, 6.45) is 2.15. The Morgan fingerprint density at radius 3 is 2.58 bits per heavy atom. The quantitative estimate of drug-likeness (QED) is 0.550. The number of carbonyl (C=O) groups excluding carboxylic acids is 1. The summed E-state index contributed by atoms with van der Waals surface area (Å²) < 4.78 is 4.75. The molecule has 1 aliphatic heterocycles. The summed E-state index contributed by atoms with van der Waals surface area (Å²) in [7, 11) is 3.57. The lowest BCUT2D eigenvalue weighted by molar-refractivity contribution is 0.0600. The predicted octanol–water partition coefficient (Wildman–Crippen LogP) is 5.21. The van der Waals surface area contributed by atoms with Gasteiger partial charge in [-0.15, -0.1) is 11.8 Å². The van der Waals surface area contributed by atoms with E-state index in [1.165, 1.54) is 28.8 Å². The van der Waals surface area contributed by atoms with E-state index < -0.39 is 0 Å². The van der Waals surface area contributed by atoms with Crippen molar-refractivity contribution in [1.29, 1.82) is 0 Å². The fourth-order valence-electron chi connectivity index (χ4n) is 3.21. The lowest BCUT2D eigenvalue weighted by atomic mass is 10.0. The number of methoxy groups -OCH3 is 1. The van der Waals surface area contributed by atoms with Crippen LogP contribution in [0.25, 0.3) is 11.6 Å². The molecule has 0 saturated carbocycles. The van der Waals surface area contributed by atoms with Crippen LogP contribution in [0.4, 0.5) is 5.69 Å². The second-order valence-corrected chi connectivity index (χ2v) is 7.98. The van der Waals surface area contributed by atoms with Crippen LogP contribution in [0.15, 0.2) is 47.4 Å². The number of allylic oxidation sites excluding steroid dienone is 1. The fraction of sp³-hybridized carbons (Fsp3) is 0.318. The molecule has 4 heteroatoms. The first-order chi connectivity index (χ1) is 12.5. The van der Waals surface area contributed by atoms with Gasteiger partial charge >= 0.3 is 5.97 Å². The number of esters is 1. The monoisotopic (exact) mass is 367 g/mol. The molecule has 136 valence electrons. The maximum atomic E-state index is 11.5. The molecule has 0 fully saturated rings. The smallest absolute Gasteiger partial charge is 0.337 e. The Balaban J connectivity index is 1.85. The minimum Gasteiger partial charge on any atom is -0.465 e. The van der Waals surface area contributed by atoms with Crippen molar-refractivity contribution in [1.82, 2.24) is 0 Å². The van der Waals surface area contributed by atoms with Crippen molar-refractivity contribution in [2.24, 2.45) is 5.92 Å². The van der Waals surface area contributed by atoms with Crippen LogP contribution in [0.5, 0.6) is 0 Å². The lowest BCUT2D eigenvalue weighted by Crippen LogP contribution is -2.23. The molecular weight excluding hydrogens is 342 g/mol. The number of carbonyl (C=O) groups is 1. The van der Waals surface area contributed by atoms with Gasteiger partial charge in [0.05, 0.1) is 18.4 Å². The molecule has 2 aromatic carbocycles. The third-order valence-corrected chi connectivity index (χ3v) is 6.02. The zero-order valence-electron chi connectivity index (χ0n) is 15.8. The maximum Gasteiger partial charge on any atom is 0.337 e. The third-order valence-electron chi connectivity index (χ3n) is 4.65. The Morgan fingerprint density at radius 1 is 1.19 bits per heavy atom. The summed E-state index contributed by atoms with van der Waals surface area (Å²) in [5, 5.41) is 0. The van der Waals surface area contributed by atoms with E-state index in [1.54, 1.807) is 12.1 Å². The average molecular weight is 368 g/mol. The second-order valence-electron chi connectivity index (χ2n) is 6.92. The van der Waals surface area contributed by atoms with Crippen LogP contribution in [0.2, 0.25) is 0 Å². The summed E-state index contributed by atoms with van der Waals surface area (Å²) in [5.41, 5.74) is 5.40. The first kappa shape index (κ1) is 18.6. The van der Waals surface area contributed by atoms with Gasteiger partial charge in [0.25, 0.3) is 0 Å². The Hall–Kier alpha value is -2.20. The molecule has 1 atom stereocenters. The number of fused-ring (bicyclic) bond motifs is 1. The summed E-state index contributed by atoms with van der Waals surface area (Å²) in [4.78, 5) is 15.2. The van der Waals surface area contributed by atoms with Gasteiger partial charge in [-0.2, -0.15) is 0 Å². The first-order valence-electron chi connectivity index (χ1n) is 8.83. The van der Waals surface area contributed by atoms with Crippen molar-refractivity contribution in [3.05, 3.63) is 59.2 Å². The van der Waals surface area contributed by atoms with Crippen LogP contribution in [0.3, 0.4) is 0 Å². The van der Waals surface area contributed by atoms with Gasteiger partial charge in [-0.3, -0.25) is 0 Å². The third kappa shape index (κ3) is 4.13. The van der Waals surface area contributed by atoms with Crippen LogP contribution in [0, 0.1) is 5.92 Å². The molecule has 0 aromatic heterocycles. The van der Waals surface area contributed by atoms with E-state index >= 15 is 0 Å². The summed E-state index contributed by atoms with van der Waals surface area (Å²) in [5.74, 6) is 1.53. The van der Waals surface area contributed by atoms with Crippen LogP contribution in [-0.2, 0) is 4.74 Å². The van der Waals surface area contributed by atoms with E-state index in [0.29, 0.717) is 11.5 Å². The predicted molar refractivity (Wildman–Crippen MR) is 111 cm³/mol. The Labute approximate surface area is 160 Å². The highest BCUT2D eigenvalue weighted by Gasteiger charge is 2.17. The molecule has 0 amide bonds. The zero-order chi connectivity index (χ0) is 18.7. The Morgan fingerprint density at radius 2 is 1.88 bits per heavy atom. The van der Waals surface area contributed by atoms with E-state index in [2.05, 4.69) is 50.1 Å². The van der Waals surface area contributed by atoms with Gasteiger partial charge in [-0.05, 0) is 53.8 Å². The molecule has 26 heavy (non-hydrogen) atoms. The molecule has 3 nitrogen and oxygen atoms in total. The number of anilines is 1. The van der Waals surface area contributed by atoms with Crippen molar-refractivity contribution >= 4 is 35.1 Å². The van der Waals surface area contributed by atoms with Crippen molar-refractivity contribution in [2.45, 2.75) is 18.7 Å². The number of rotatable bonds is 3. The summed E-state index contributed by atoms with van der Waals surface area (Å²) in [6, 6.07) is 14.2. The highest BCUT2D eigenvalue weighted by molar-refractivity contribution is 7.99. The molecule has 0 aliphatic carbocycles. The first-order valence-corrected chi connectivity index (χ1v) is 9.81. The van der Waals surface area contributed by atoms with E-state index in [1.807, 2.05) is 23.9 Å². The number of nitrogens with zero attached hydrogens (tertiary/aromatic N) is 1. The van der Waals surface area contributed by atoms with Crippen molar-refractivity contribution in [2.75, 3.05) is 31.4 Å². The number of hydrogen-bond acceptors (Lipinski definition) is 4. The van der Waals surface area contributed by atoms with E-state index in [0.717, 1.165) is 17.9 Å². The van der Waals surface area contributed by atoms with Gasteiger partial charge < -0.3 is 9.64 Å². The van der Waals surface area contributed by atoms with Gasteiger partial charge in [0, 0.05) is 24.2 Å². The Kier molecular flexibility index (Phi) is 5.72. The Bertz CT molecular complexity index is 827. The van der Waals surface area contributed by atoms with Crippen LogP contribution in [0.1, 0.15) is 35.3 Å². The molecule has 0 spiro atoms. The number of hydrogen-bond donors (Lipinski definition) is 0. The molecule has 3 rings (SSSR count). The van der Waals surface area contributed by atoms with Crippen LogP contribution in [-0.4, -0.2) is 32.4 Å². The number of ether oxygens (including phenoxy) is 1. The normalized spacial score (nSPS) is 17.5. The molecule has 2 aromatic rings. The number of thioether (sulfide) groups is 1. The largest absolute Gasteiger partial charge is 0.465 e.